The van der Waals surface area contributed by atoms with E-state index in [4.69, 9.17) is 9.97 Å². The lowest BCUT2D eigenvalue weighted by molar-refractivity contribution is 0.836. The molecular formula is C25H24N2. The summed E-state index contributed by atoms with van der Waals surface area (Å²) >= 11 is 0. The van der Waals surface area contributed by atoms with Crippen molar-refractivity contribution in [3.8, 4) is 11.1 Å². The fourth-order valence-electron chi connectivity index (χ4n) is 3.56. The second-order valence-corrected chi connectivity index (χ2v) is 7.48. The molecule has 0 spiro atoms. The zero-order chi connectivity index (χ0) is 19.0. The Morgan fingerprint density at radius 3 is 2.37 bits per heavy atom. The molecule has 0 bridgehead atoms. The highest BCUT2D eigenvalue weighted by Gasteiger charge is 2.13. The zero-order valence-electron chi connectivity index (χ0n) is 16.3. The minimum atomic E-state index is 0.497. The lowest BCUT2D eigenvalue weighted by atomic mass is 9.93. The maximum Gasteiger partial charge on any atom is 0.0971 e. The summed E-state index contributed by atoms with van der Waals surface area (Å²) in [6.45, 7) is 8.56. The van der Waals surface area contributed by atoms with Gasteiger partial charge in [-0.25, -0.2) is 4.98 Å². The molecule has 2 nitrogen and oxygen atoms in total. The maximum absolute atomic E-state index is 4.82. The molecule has 0 atom stereocenters. The van der Waals surface area contributed by atoms with Gasteiger partial charge in [0.05, 0.1) is 16.7 Å². The van der Waals surface area contributed by atoms with Gasteiger partial charge in [0.25, 0.3) is 0 Å². The second kappa shape index (κ2) is 6.96. The van der Waals surface area contributed by atoms with E-state index in [2.05, 4.69) is 81.5 Å². The van der Waals surface area contributed by atoms with Gasteiger partial charge in [-0.1, -0.05) is 68.5 Å². The minimum Gasteiger partial charge on any atom is -0.252 e. The summed E-state index contributed by atoms with van der Waals surface area (Å²) in [5, 5.41) is 2.40. The molecule has 27 heavy (non-hydrogen) atoms. The van der Waals surface area contributed by atoms with Crippen LogP contribution >= 0.6 is 0 Å². The normalized spacial score (nSPS) is 11.9. The van der Waals surface area contributed by atoms with Crippen LogP contribution < -0.4 is 0 Å². The standard InChI is InChI=1S/C25H24N2/c1-16(2)10-12-21-18(4)24-25(27-17(3)15-26-24)22-13-11-20(14-23(21)22)19-8-6-5-7-9-19/h5-16H,1-4H3/b12-10+. The van der Waals surface area contributed by atoms with E-state index >= 15 is 0 Å². The second-order valence-electron chi connectivity index (χ2n) is 7.48. The van der Waals surface area contributed by atoms with Gasteiger partial charge in [-0.05, 0) is 53.5 Å². The highest BCUT2D eigenvalue weighted by molar-refractivity contribution is 6.10. The van der Waals surface area contributed by atoms with E-state index in [-0.39, 0.29) is 0 Å². The zero-order valence-corrected chi connectivity index (χ0v) is 16.3. The van der Waals surface area contributed by atoms with Gasteiger partial charge in [-0.3, -0.25) is 4.98 Å². The highest BCUT2D eigenvalue weighted by atomic mass is 14.8. The van der Waals surface area contributed by atoms with Crippen molar-refractivity contribution in [2.24, 2.45) is 5.92 Å². The van der Waals surface area contributed by atoms with Crippen LogP contribution in [0.4, 0.5) is 0 Å². The lowest BCUT2D eigenvalue weighted by Crippen LogP contribution is -1.96. The van der Waals surface area contributed by atoms with E-state index in [0.717, 1.165) is 22.1 Å². The van der Waals surface area contributed by atoms with Gasteiger partial charge in [0.2, 0.25) is 0 Å². The van der Waals surface area contributed by atoms with Gasteiger partial charge in [0.1, 0.15) is 0 Å². The summed E-state index contributed by atoms with van der Waals surface area (Å²) in [5.74, 6) is 0.497. The predicted octanol–water partition coefficient (Wildman–Crippen LogP) is 6.74. The fourth-order valence-corrected chi connectivity index (χ4v) is 3.56. The van der Waals surface area contributed by atoms with Gasteiger partial charge in [0, 0.05) is 11.6 Å². The Kier molecular flexibility index (Phi) is 4.49. The van der Waals surface area contributed by atoms with Gasteiger partial charge in [-0.2, -0.15) is 0 Å². The third-order valence-corrected chi connectivity index (χ3v) is 4.97. The number of hydrogen-bond acceptors (Lipinski definition) is 2. The largest absolute Gasteiger partial charge is 0.252 e. The van der Waals surface area contributed by atoms with Gasteiger partial charge in [0.15, 0.2) is 0 Å². The SMILES string of the molecule is Cc1cnc2c(C)c(/C=C/C(C)C)c3cc(-c4ccccc4)ccc3c2n1. The van der Waals surface area contributed by atoms with Crippen LogP contribution in [-0.2, 0) is 0 Å². The molecule has 0 aliphatic rings. The maximum atomic E-state index is 4.82. The van der Waals surface area contributed by atoms with Crippen molar-refractivity contribution in [1.82, 2.24) is 9.97 Å². The molecule has 3 aromatic carbocycles. The first-order valence-electron chi connectivity index (χ1n) is 9.48. The van der Waals surface area contributed by atoms with Crippen LogP contribution in [0.15, 0.2) is 60.8 Å². The average Bonchev–Trinajstić information content (AvgIpc) is 2.68. The van der Waals surface area contributed by atoms with Gasteiger partial charge in [-0.15, -0.1) is 0 Å². The molecule has 0 saturated carbocycles. The third kappa shape index (κ3) is 3.23. The Morgan fingerprint density at radius 2 is 1.63 bits per heavy atom. The molecule has 0 aliphatic carbocycles. The van der Waals surface area contributed by atoms with Crippen LogP contribution in [0.5, 0.6) is 0 Å². The number of benzene rings is 3. The quantitative estimate of drug-likeness (QED) is 0.382. The van der Waals surface area contributed by atoms with Crippen molar-refractivity contribution >= 4 is 27.9 Å². The van der Waals surface area contributed by atoms with Crippen molar-refractivity contribution < 1.29 is 0 Å². The third-order valence-electron chi connectivity index (χ3n) is 4.97. The van der Waals surface area contributed by atoms with Crippen molar-refractivity contribution in [2.75, 3.05) is 0 Å². The first-order valence-corrected chi connectivity index (χ1v) is 9.48. The first-order chi connectivity index (χ1) is 13.0. The summed E-state index contributed by atoms with van der Waals surface area (Å²) in [6, 6.07) is 17.2. The molecule has 4 rings (SSSR count). The lowest BCUT2D eigenvalue weighted by Gasteiger charge is -2.13. The minimum absolute atomic E-state index is 0.497. The number of hydrogen-bond donors (Lipinski definition) is 0. The number of allylic oxidation sites excluding steroid dienone is 1. The van der Waals surface area contributed by atoms with Crippen LogP contribution in [0, 0.1) is 19.8 Å². The van der Waals surface area contributed by atoms with Crippen LogP contribution in [0.3, 0.4) is 0 Å². The van der Waals surface area contributed by atoms with Gasteiger partial charge < -0.3 is 0 Å². The van der Waals surface area contributed by atoms with E-state index in [9.17, 15) is 0 Å². The van der Waals surface area contributed by atoms with Gasteiger partial charge >= 0.3 is 0 Å². The molecule has 134 valence electrons. The Hall–Kier alpha value is -3.00. The summed E-state index contributed by atoms with van der Waals surface area (Å²) in [7, 11) is 0. The molecule has 0 amide bonds. The first kappa shape index (κ1) is 17.4. The molecule has 1 heterocycles. The highest BCUT2D eigenvalue weighted by Crippen LogP contribution is 2.34. The molecule has 0 unspecified atom stereocenters. The summed E-state index contributed by atoms with van der Waals surface area (Å²) in [6.07, 6.45) is 6.36. The number of aryl methyl sites for hydroxylation is 2. The molecular weight excluding hydrogens is 328 g/mol. The summed E-state index contributed by atoms with van der Waals surface area (Å²) < 4.78 is 0. The number of aromatic nitrogens is 2. The van der Waals surface area contributed by atoms with Crippen LogP contribution in [0.2, 0.25) is 0 Å². The molecule has 2 heteroatoms. The number of nitrogens with zero attached hydrogens (tertiary/aromatic N) is 2. The van der Waals surface area contributed by atoms with E-state index < -0.39 is 0 Å². The molecule has 0 fully saturated rings. The average molecular weight is 352 g/mol. The fraction of sp³-hybridized carbons (Fsp3) is 0.200. The van der Waals surface area contributed by atoms with Crippen molar-refractivity contribution in [3.05, 3.63) is 77.6 Å². The molecule has 0 N–H and O–H groups in total. The summed E-state index contributed by atoms with van der Waals surface area (Å²) in [5.41, 5.74) is 7.80. The van der Waals surface area contributed by atoms with E-state index in [0.29, 0.717) is 5.92 Å². The topological polar surface area (TPSA) is 25.8 Å². The van der Waals surface area contributed by atoms with E-state index in [1.807, 2.05) is 13.1 Å². The van der Waals surface area contributed by atoms with Crippen molar-refractivity contribution in [2.45, 2.75) is 27.7 Å². The molecule has 0 aliphatic heterocycles. The van der Waals surface area contributed by atoms with Crippen molar-refractivity contribution in [1.29, 1.82) is 0 Å². The van der Waals surface area contributed by atoms with Crippen LogP contribution in [-0.4, -0.2) is 9.97 Å². The van der Waals surface area contributed by atoms with Crippen LogP contribution in [0.1, 0.15) is 30.7 Å². The summed E-state index contributed by atoms with van der Waals surface area (Å²) in [4.78, 5) is 9.52. The molecule has 0 radical (unpaired) electrons. The molecule has 4 aromatic rings. The molecule has 1 aromatic heterocycles. The van der Waals surface area contributed by atoms with Crippen molar-refractivity contribution in [3.63, 3.8) is 0 Å². The van der Waals surface area contributed by atoms with E-state index in [1.54, 1.807) is 0 Å². The van der Waals surface area contributed by atoms with Crippen LogP contribution in [0.25, 0.3) is 39.0 Å². The smallest absolute Gasteiger partial charge is 0.0971 e. The Morgan fingerprint density at radius 1 is 0.852 bits per heavy atom. The Balaban J connectivity index is 2.09. The Bertz CT molecular complexity index is 1160. The monoisotopic (exact) mass is 352 g/mol. The van der Waals surface area contributed by atoms with E-state index in [1.165, 1.54) is 27.6 Å². The predicted molar refractivity (Wildman–Crippen MR) is 116 cm³/mol. The number of fused-ring (bicyclic) bond motifs is 3. The Labute approximate surface area is 160 Å². The molecule has 0 saturated heterocycles. The number of rotatable bonds is 3.